The van der Waals surface area contributed by atoms with Gasteiger partial charge < -0.3 is 19.5 Å². The van der Waals surface area contributed by atoms with Crippen LogP contribution < -0.4 is 10.1 Å². The summed E-state index contributed by atoms with van der Waals surface area (Å²) in [5.41, 5.74) is 0.489. The van der Waals surface area contributed by atoms with Crippen molar-refractivity contribution in [2.45, 2.75) is 26.2 Å². The van der Waals surface area contributed by atoms with Gasteiger partial charge >= 0.3 is 11.9 Å². The molecule has 1 fully saturated rings. The highest BCUT2D eigenvalue weighted by molar-refractivity contribution is 7.09. The fraction of sp³-hybridized carbons (Fsp3) is 0.235. The summed E-state index contributed by atoms with van der Waals surface area (Å²) in [5, 5.41) is 5.65. The third-order valence-corrected chi connectivity index (χ3v) is 3.95. The van der Waals surface area contributed by atoms with Gasteiger partial charge in [-0.15, -0.1) is 11.3 Å². The van der Waals surface area contributed by atoms with Crippen LogP contribution in [0.15, 0.2) is 47.6 Å². The third-order valence-electron chi connectivity index (χ3n) is 3.20. The molecule has 0 spiro atoms. The van der Waals surface area contributed by atoms with Gasteiger partial charge in [-0.25, -0.2) is 14.6 Å². The predicted molar refractivity (Wildman–Crippen MR) is 90.9 cm³/mol. The average molecular weight is 360 g/mol. The summed E-state index contributed by atoms with van der Waals surface area (Å²) in [6.45, 7) is 3.40. The van der Waals surface area contributed by atoms with E-state index in [1.165, 1.54) is 31.4 Å². The molecule has 1 aliphatic rings. The lowest BCUT2D eigenvalue weighted by molar-refractivity contribution is -0.222. The van der Waals surface area contributed by atoms with Crippen molar-refractivity contribution >= 4 is 29.0 Å². The van der Waals surface area contributed by atoms with Crippen LogP contribution in [0.3, 0.4) is 0 Å². The maximum Gasteiger partial charge on any atom is 0.350 e. The van der Waals surface area contributed by atoms with Crippen molar-refractivity contribution in [1.82, 2.24) is 4.98 Å². The van der Waals surface area contributed by atoms with Crippen molar-refractivity contribution in [1.29, 1.82) is 0 Å². The second kappa shape index (κ2) is 6.94. The van der Waals surface area contributed by atoms with Crippen LogP contribution in [0.2, 0.25) is 0 Å². The molecule has 0 atom stereocenters. The third kappa shape index (κ3) is 4.36. The van der Waals surface area contributed by atoms with E-state index in [-0.39, 0.29) is 5.57 Å². The first-order chi connectivity index (χ1) is 11.9. The second-order valence-electron chi connectivity index (χ2n) is 5.62. The molecule has 2 aromatic rings. The second-order valence-corrected chi connectivity index (χ2v) is 6.60. The molecule has 0 saturated carbocycles. The Balaban J connectivity index is 1.59. The summed E-state index contributed by atoms with van der Waals surface area (Å²) >= 11 is 1.53. The lowest BCUT2D eigenvalue weighted by atomic mass is 10.2. The Morgan fingerprint density at radius 3 is 2.48 bits per heavy atom. The number of anilines is 1. The number of hydrogen-bond acceptors (Lipinski definition) is 8. The number of cyclic esters (lactones) is 2. The Kier molecular flexibility index (Phi) is 4.71. The minimum absolute atomic E-state index is 0.191. The number of thiazole rings is 1. The predicted octanol–water partition coefficient (Wildman–Crippen LogP) is 2.85. The number of nitrogens with zero attached hydrogens (tertiary/aromatic N) is 1. The topological polar surface area (TPSA) is 86.8 Å². The minimum Gasteiger partial charge on any atom is -0.486 e. The van der Waals surface area contributed by atoms with E-state index >= 15 is 0 Å². The van der Waals surface area contributed by atoms with E-state index in [1.807, 2.05) is 5.38 Å². The zero-order valence-corrected chi connectivity index (χ0v) is 14.5. The lowest BCUT2D eigenvalue weighted by Crippen LogP contribution is -2.42. The number of nitrogens with one attached hydrogen (secondary N) is 1. The van der Waals surface area contributed by atoms with E-state index in [2.05, 4.69) is 10.3 Å². The van der Waals surface area contributed by atoms with Crippen molar-refractivity contribution in [3.8, 4) is 5.75 Å². The molecule has 0 bridgehead atoms. The molecule has 0 radical (unpaired) electrons. The highest BCUT2D eigenvalue weighted by Crippen LogP contribution is 2.23. The summed E-state index contributed by atoms with van der Waals surface area (Å²) in [5.74, 6) is -2.01. The summed E-state index contributed by atoms with van der Waals surface area (Å²) in [6.07, 6.45) is 3.00. The quantitative estimate of drug-likeness (QED) is 0.498. The van der Waals surface area contributed by atoms with E-state index < -0.39 is 17.7 Å². The van der Waals surface area contributed by atoms with E-state index in [4.69, 9.17) is 14.2 Å². The highest BCUT2D eigenvalue weighted by Gasteiger charge is 2.38. The fourth-order valence-electron chi connectivity index (χ4n) is 2.05. The van der Waals surface area contributed by atoms with Crippen LogP contribution in [-0.2, 0) is 25.7 Å². The van der Waals surface area contributed by atoms with Crippen molar-refractivity contribution in [3.63, 3.8) is 0 Å². The molecule has 0 unspecified atom stereocenters. The first-order valence-corrected chi connectivity index (χ1v) is 8.35. The van der Waals surface area contributed by atoms with Gasteiger partial charge in [0, 0.05) is 37.3 Å². The van der Waals surface area contributed by atoms with Crippen LogP contribution in [0.4, 0.5) is 5.69 Å². The minimum atomic E-state index is -1.25. The zero-order valence-electron chi connectivity index (χ0n) is 13.6. The maximum atomic E-state index is 11.8. The smallest absolute Gasteiger partial charge is 0.350 e. The van der Waals surface area contributed by atoms with Gasteiger partial charge in [-0.3, -0.25) is 0 Å². The molecule has 1 aromatic carbocycles. The molecule has 2 heterocycles. The molecule has 0 aliphatic carbocycles. The Bertz CT molecular complexity index is 775. The van der Waals surface area contributed by atoms with Crippen molar-refractivity contribution < 1.29 is 23.8 Å². The highest BCUT2D eigenvalue weighted by atomic mass is 32.1. The monoisotopic (exact) mass is 360 g/mol. The average Bonchev–Trinajstić information content (AvgIpc) is 3.05. The molecular weight excluding hydrogens is 344 g/mol. The van der Waals surface area contributed by atoms with Crippen molar-refractivity contribution in [2.24, 2.45) is 0 Å². The summed E-state index contributed by atoms with van der Waals surface area (Å²) in [6, 6.07) is 7.07. The molecule has 1 aliphatic heterocycles. The van der Waals surface area contributed by atoms with Crippen LogP contribution in [0.25, 0.3) is 0 Å². The van der Waals surface area contributed by atoms with E-state index in [0.717, 1.165) is 5.01 Å². The van der Waals surface area contributed by atoms with Crippen molar-refractivity contribution in [3.05, 3.63) is 52.6 Å². The molecule has 1 saturated heterocycles. The van der Waals surface area contributed by atoms with Gasteiger partial charge in [-0.05, 0) is 24.3 Å². The summed E-state index contributed by atoms with van der Waals surface area (Å²) in [7, 11) is 0. The molecule has 8 heteroatoms. The number of aromatic nitrogens is 1. The van der Waals surface area contributed by atoms with Gasteiger partial charge in [-0.1, -0.05) is 0 Å². The summed E-state index contributed by atoms with van der Waals surface area (Å²) in [4.78, 5) is 27.8. The van der Waals surface area contributed by atoms with Gasteiger partial charge in [0.05, 0.1) is 0 Å². The van der Waals surface area contributed by atoms with Crippen LogP contribution >= 0.6 is 11.3 Å². The Labute approximate surface area is 148 Å². The zero-order chi connectivity index (χ0) is 17.9. The number of ether oxygens (including phenoxy) is 3. The molecule has 3 rings (SSSR count). The molecule has 130 valence electrons. The first-order valence-electron chi connectivity index (χ1n) is 7.47. The van der Waals surface area contributed by atoms with E-state index in [1.54, 1.807) is 30.5 Å². The Morgan fingerprint density at radius 1 is 1.20 bits per heavy atom. The largest absolute Gasteiger partial charge is 0.486 e. The number of hydrogen-bond donors (Lipinski definition) is 1. The Hall–Kier alpha value is -2.87. The van der Waals surface area contributed by atoms with Crippen LogP contribution in [0.1, 0.15) is 18.9 Å². The SMILES string of the molecule is CC1(C)OC(=O)C(=CNc2ccc(OCc3nccs3)cc2)C(=O)O1. The Morgan fingerprint density at radius 2 is 1.88 bits per heavy atom. The van der Waals surface area contributed by atoms with Crippen LogP contribution in [0.5, 0.6) is 5.75 Å². The molecular formula is C17H16N2O5S. The standard InChI is InChI=1S/C17H16N2O5S/c1-17(2)23-15(20)13(16(21)24-17)9-19-11-3-5-12(6-4-11)22-10-14-18-7-8-25-14/h3-9,19H,10H2,1-2H3. The van der Waals surface area contributed by atoms with Crippen LogP contribution in [0, 0.1) is 0 Å². The van der Waals surface area contributed by atoms with Crippen molar-refractivity contribution in [2.75, 3.05) is 5.32 Å². The molecule has 1 aromatic heterocycles. The molecule has 1 N–H and O–H groups in total. The van der Waals surface area contributed by atoms with Gasteiger partial charge in [0.2, 0.25) is 0 Å². The molecule has 7 nitrogen and oxygen atoms in total. The summed E-state index contributed by atoms with van der Waals surface area (Å²) < 4.78 is 15.6. The van der Waals surface area contributed by atoms with E-state index in [0.29, 0.717) is 18.0 Å². The molecule has 0 amide bonds. The fourth-order valence-corrected chi connectivity index (χ4v) is 2.58. The number of carbonyl (C=O) groups excluding carboxylic acids is 2. The van der Waals surface area contributed by atoms with Gasteiger partial charge in [0.15, 0.2) is 5.57 Å². The van der Waals surface area contributed by atoms with Gasteiger partial charge in [0.1, 0.15) is 17.4 Å². The van der Waals surface area contributed by atoms with Crippen LogP contribution in [-0.4, -0.2) is 22.7 Å². The normalized spacial score (nSPS) is 16.0. The van der Waals surface area contributed by atoms with Gasteiger partial charge in [0.25, 0.3) is 5.79 Å². The van der Waals surface area contributed by atoms with E-state index in [9.17, 15) is 9.59 Å². The number of rotatable bonds is 5. The lowest BCUT2D eigenvalue weighted by Gasteiger charge is -2.29. The molecule has 25 heavy (non-hydrogen) atoms. The number of benzene rings is 1. The maximum absolute atomic E-state index is 11.8. The number of carbonyl (C=O) groups is 2. The van der Waals surface area contributed by atoms with Gasteiger partial charge in [-0.2, -0.15) is 0 Å². The first kappa shape index (κ1) is 17.0. The number of esters is 2.